The minimum Gasteiger partial charge on any atom is -0.478 e. The number of nitro groups is 1. The van der Waals surface area contributed by atoms with Crippen molar-refractivity contribution in [2.24, 2.45) is 0 Å². The summed E-state index contributed by atoms with van der Waals surface area (Å²) >= 11 is 0. The minimum absolute atomic E-state index is 0.134. The molecule has 0 bridgehead atoms. The molecular formula is C13H14N4O4. The van der Waals surface area contributed by atoms with E-state index in [2.05, 4.69) is 10.4 Å². The third-order valence-corrected chi connectivity index (χ3v) is 2.85. The second-order valence-electron chi connectivity index (χ2n) is 4.72. The highest BCUT2D eigenvalue weighted by Crippen LogP contribution is 2.28. The zero-order valence-electron chi connectivity index (χ0n) is 11.5. The van der Waals surface area contributed by atoms with Crippen molar-refractivity contribution in [2.75, 3.05) is 5.32 Å². The maximum absolute atomic E-state index is 11.1. The van der Waals surface area contributed by atoms with E-state index in [-0.39, 0.29) is 23.0 Å². The van der Waals surface area contributed by atoms with Crippen molar-refractivity contribution in [2.45, 2.75) is 19.9 Å². The van der Waals surface area contributed by atoms with Crippen molar-refractivity contribution in [1.82, 2.24) is 9.78 Å². The van der Waals surface area contributed by atoms with Crippen LogP contribution in [0.1, 0.15) is 30.2 Å². The van der Waals surface area contributed by atoms with Gasteiger partial charge in [-0.15, -0.1) is 0 Å². The number of rotatable bonds is 5. The lowest BCUT2D eigenvalue weighted by molar-refractivity contribution is -0.383. The zero-order chi connectivity index (χ0) is 15.6. The Hall–Kier alpha value is -2.90. The van der Waals surface area contributed by atoms with Gasteiger partial charge >= 0.3 is 5.97 Å². The van der Waals surface area contributed by atoms with Crippen molar-refractivity contribution in [3.8, 4) is 0 Å². The van der Waals surface area contributed by atoms with Gasteiger partial charge in [0.05, 0.1) is 22.4 Å². The maximum atomic E-state index is 11.1. The molecule has 0 amide bonds. The molecule has 0 aliphatic rings. The molecule has 0 aliphatic carbocycles. The van der Waals surface area contributed by atoms with Gasteiger partial charge in [0.1, 0.15) is 5.69 Å². The highest BCUT2D eigenvalue weighted by Gasteiger charge is 2.17. The number of nitro benzene ring substituents is 1. The fraction of sp³-hybridized carbons (Fsp3) is 0.231. The molecule has 21 heavy (non-hydrogen) atoms. The molecule has 0 aliphatic heterocycles. The molecular weight excluding hydrogens is 276 g/mol. The third-order valence-electron chi connectivity index (χ3n) is 2.85. The van der Waals surface area contributed by atoms with Crippen LogP contribution in [0.15, 0.2) is 30.6 Å². The molecule has 1 heterocycles. The van der Waals surface area contributed by atoms with E-state index in [9.17, 15) is 14.9 Å². The molecule has 0 saturated carbocycles. The molecule has 8 nitrogen and oxygen atoms in total. The topological polar surface area (TPSA) is 110 Å². The Bertz CT molecular complexity index is 693. The number of carboxylic acids is 1. The molecule has 0 radical (unpaired) electrons. The predicted molar refractivity (Wildman–Crippen MR) is 76.0 cm³/mol. The molecule has 2 N–H and O–H groups in total. The van der Waals surface area contributed by atoms with Gasteiger partial charge < -0.3 is 10.4 Å². The number of aromatic nitrogens is 2. The van der Waals surface area contributed by atoms with Gasteiger partial charge in [0.2, 0.25) is 0 Å². The van der Waals surface area contributed by atoms with Gasteiger partial charge in [-0.25, -0.2) is 4.79 Å². The van der Waals surface area contributed by atoms with Gasteiger partial charge in [-0.2, -0.15) is 5.10 Å². The van der Waals surface area contributed by atoms with Crippen LogP contribution in [0.2, 0.25) is 0 Å². The van der Waals surface area contributed by atoms with Crippen LogP contribution >= 0.6 is 0 Å². The molecule has 8 heteroatoms. The van der Waals surface area contributed by atoms with Gasteiger partial charge in [0.15, 0.2) is 0 Å². The van der Waals surface area contributed by atoms with Crippen molar-refractivity contribution in [3.63, 3.8) is 0 Å². The van der Waals surface area contributed by atoms with Crippen LogP contribution in [0, 0.1) is 10.1 Å². The number of nitrogens with zero attached hydrogens (tertiary/aromatic N) is 3. The van der Waals surface area contributed by atoms with Crippen LogP contribution in [-0.2, 0) is 0 Å². The van der Waals surface area contributed by atoms with E-state index >= 15 is 0 Å². The van der Waals surface area contributed by atoms with Crippen molar-refractivity contribution < 1.29 is 14.8 Å². The van der Waals surface area contributed by atoms with E-state index in [0.29, 0.717) is 5.69 Å². The zero-order valence-corrected chi connectivity index (χ0v) is 11.5. The lowest BCUT2D eigenvalue weighted by Gasteiger charge is -2.06. The molecule has 1 aromatic heterocycles. The predicted octanol–water partition coefficient (Wildman–Crippen LogP) is 2.81. The normalized spacial score (nSPS) is 10.6. The Morgan fingerprint density at radius 1 is 1.48 bits per heavy atom. The number of hydrogen-bond donors (Lipinski definition) is 2. The van der Waals surface area contributed by atoms with Crippen LogP contribution in [0.3, 0.4) is 0 Å². The van der Waals surface area contributed by atoms with Gasteiger partial charge in [0.25, 0.3) is 5.69 Å². The summed E-state index contributed by atoms with van der Waals surface area (Å²) in [4.78, 5) is 21.3. The van der Waals surface area contributed by atoms with E-state index in [0.717, 1.165) is 6.07 Å². The molecule has 110 valence electrons. The second kappa shape index (κ2) is 5.61. The minimum atomic E-state index is -1.21. The lowest BCUT2D eigenvalue weighted by atomic mass is 10.1. The Morgan fingerprint density at radius 3 is 2.71 bits per heavy atom. The van der Waals surface area contributed by atoms with Gasteiger partial charge in [0, 0.05) is 18.3 Å². The van der Waals surface area contributed by atoms with Crippen molar-refractivity contribution in [1.29, 1.82) is 0 Å². The second-order valence-corrected chi connectivity index (χ2v) is 4.72. The molecule has 0 atom stereocenters. The number of carboxylic acid groups (broad SMARTS) is 1. The summed E-state index contributed by atoms with van der Waals surface area (Å²) in [6.07, 6.45) is 3.27. The molecule has 0 saturated heterocycles. The fourth-order valence-electron chi connectivity index (χ4n) is 1.76. The largest absolute Gasteiger partial charge is 0.478 e. The van der Waals surface area contributed by atoms with Gasteiger partial charge in [-0.1, -0.05) is 0 Å². The van der Waals surface area contributed by atoms with Crippen LogP contribution < -0.4 is 5.32 Å². The molecule has 2 rings (SSSR count). The molecule has 0 unspecified atom stereocenters. The van der Waals surface area contributed by atoms with Crippen LogP contribution in [-0.4, -0.2) is 25.8 Å². The number of anilines is 2. The Balaban J connectivity index is 2.34. The van der Waals surface area contributed by atoms with Gasteiger partial charge in [-0.05, 0) is 26.0 Å². The summed E-state index contributed by atoms with van der Waals surface area (Å²) < 4.78 is 1.71. The van der Waals surface area contributed by atoms with Crippen LogP contribution in [0.5, 0.6) is 0 Å². The average Bonchev–Trinajstić information content (AvgIpc) is 2.87. The van der Waals surface area contributed by atoms with E-state index in [1.165, 1.54) is 12.1 Å². The first kappa shape index (κ1) is 14.5. The van der Waals surface area contributed by atoms with E-state index in [1.807, 2.05) is 13.8 Å². The molecule has 2 aromatic rings. The van der Waals surface area contributed by atoms with E-state index in [1.54, 1.807) is 17.1 Å². The summed E-state index contributed by atoms with van der Waals surface area (Å²) in [5.74, 6) is -1.21. The molecule has 1 aromatic carbocycles. The Kier molecular flexibility index (Phi) is 3.88. The SMILES string of the molecule is CC(C)n1cc(Nc2ccc(C(=O)O)cc2[N+](=O)[O-])cn1. The number of benzene rings is 1. The van der Waals surface area contributed by atoms with Crippen LogP contribution in [0.25, 0.3) is 0 Å². The number of hydrogen-bond acceptors (Lipinski definition) is 5. The Morgan fingerprint density at radius 2 is 2.19 bits per heavy atom. The summed E-state index contributed by atoms with van der Waals surface area (Å²) in [6, 6.07) is 3.88. The quantitative estimate of drug-likeness (QED) is 0.647. The van der Waals surface area contributed by atoms with Crippen LogP contribution in [0.4, 0.5) is 17.1 Å². The Labute approximate surface area is 120 Å². The third kappa shape index (κ3) is 3.16. The summed E-state index contributed by atoms with van der Waals surface area (Å²) in [6.45, 7) is 3.92. The fourth-order valence-corrected chi connectivity index (χ4v) is 1.76. The number of carbonyl (C=O) groups is 1. The number of aromatic carboxylic acids is 1. The van der Waals surface area contributed by atoms with Gasteiger partial charge in [-0.3, -0.25) is 14.8 Å². The molecule has 0 fully saturated rings. The lowest BCUT2D eigenvalue weighted by Crippen LogP contribution is -2.02. The highest BCUT2D eigenvalue weighted by molar-refractivity contribution is 5.90. The summed E-state index contributed by atoms with van der Waals surface area (Å²) in [5, 5.41) is 26.9. The average molecular weight is 290 g/mol. The first-order valence-corrected chi connectivity index (χ1v) is 6.21. The smallest absolute Gasteiger partial charge is 0.335 e. The maximum Gasteiger partial charge on any atom is 0.335 e. The first-order chi connectivity index (χ1) is 9.88. The standard InChI is InChI=1S/C13H14N4O4/c1-8(2)16-7-10(6-14-16)15-11-4-3-9(13(18)19)5-12(11)17(20)21/h3-8,15H,1-2H3,(H,18,19). The van der Waals surface area contributed by atoms with Crippen molar-refractivity contribution >= 4 is 23.0 Å². The summed E-state index contributed by atoms with van der Waals surface area (Å²) in [7, 11) is 0. The molecule has 0 spiro atoms. The highest BCUT2D eigenvalue weighted by atomic mass is 16.6. The van der Waals surface area contributed by atoms with E-state index in [4.69, 9.17) is 5.11 Å². The first-order valence-electron chi connectivity index (χ1n) is 6.21. The van der Waals surface area contributed by atoms with Crippen molar-refractivity contribution in [3.05, 3.63) is 46.3 Å². The summed E-state index contributed by atoms with van der Waals surface area (Å²) in [5.41, 5.74) is 0.375. The van der Waals surface area contributed by atoms with E-state index < -0.39 is 10.9 Å². The monoisotopic (exact) mass is 290 g/mol. The number of nitrogens with one attached hydrogen (secondary N) is 1.